The minimum Gasteiger partial charge on any atom is -0.497 e. The number of ether oxygens (including phenoxy) is 1. The smallest absolute Gasteiger partial charge is 0.250 e. The van der Waals surface area contributed by atoms with E-state index in [1.54, 1.807) is 30.3 Å². The highest BCUT2D eigenvalue weighted by Crippen LogP contribution is 2.20. The van der Waals surface area contributed by atoms with Gasteiger partial charge in [-0.3, -0.25) is 14.5 Å². The second kappa shape index (κ2) is 8.91. The number of nitrogens with zero attached hydrogens (tertiary/aromatic N) is 5. The predicted octanol–water partition coefficient (Wildman–Crippen LogP) is 1.25. The molecule has 1 saturated heterocycles. The second-order valence-corrected chi connectivity index (χ2v) is 7.06. The van der Waals surface area contributed by atoms with Crippen molar-refractivity contribution in [3.8, 4) is 17.1 Å². The maximum Gasteiger partial charge on any atom is 0.250 e. The van der Waals surface area contributed by atoms with Gasteiger partial charge in [-0.25, -0.2) is 0 Å². The first-order valence-electron chi connectivity index (χ1n) is 9.75. The number of piperazine rings is 1. The fraction of sp³-hybridized carbons (Fsp3) is 0.333. The first-order valence-corrected chi connectivity index (χ1v) is 9.75. The van der Waals surface area contributed by atoms with Crippen LogP contribution in [0.5, 0.6) is 5.75 Å². The predicted molar refractivity (Wildman–Crippen MR) is 109 cm³/mol. The van der Waals surface area contributed by atoms with Crippen molar-refractivity contribution in [2.75, 3.05) is 33.3 Å². The molecule has 0 bridgehead atoms. The quantitative estimate of drug-likeness (QED) is 0.605. The SMILES string of the molecule is COc1ccc(-c2noc(CN3CCN(C(=O)Cn4ccccc4=O)CC3)n2)cc1. The van der Waals surface area contributed by atoms with Gasteiger partial charge in [-0.15, -0.1) is 0 Å². The number of carbonyl (C=O) groups excluding carboxylic acids is 1. The Kier molecular flexibility index (Phi) is 5.89. The van der Waals surface area contributed by atoms with Crippen molar-refractivity contribution in [3.63, 3.8) is 0 Å². The Morgan fingerprint density at radius 1 is 1.10 bits per heavy atom. The van der Waals surface area contributed by atoms with Crippen LogP contribution in [-0.4, -0.2) is 63.7 Å². The molecule has 2 aromatic heterocycles. The summed E-state index contributed by atoms with van der Waals surface area (Å²) in [6.07, 6.45) is 1.63. The summed E-state index contributed by atoms with van der Waals surface area (Å²) in [5.41, 5.74) is 0.686. The Labute approximate surface area is 173 Å². The lowest BCUT2D eigenvalue weighted by atomic mass is 10.2. The number of hydrogen-bond acceptors (Lipinski definition) is 7. The van der Waals surface area contributed by atoms with Crippen molar-refractivity contribution in [1.29, 1.82) is 0 Å². The molecule has 1 aliphatic heterocycles. The molecule has 4 rings (SSSR count). The summed E-state index contributed by atoms with van der Waals surface area (Å²) in [6.45, 7) is 3.20. The molecule has 0 saturated carbocycles. The van der Waals surface area contributed by atoms with E-state index in [-0.39, 0.29) is 18.0 Å². The van der Waals surface area contributed by atoms with Gasteiger partial charge in [-0.2, -0.15) is 4.98 Å². The normalized spacial score (nSPS) is 14.6. The lowest BCUT2D eigenvalue weighted by Crippen LogP contribution is -2.49. The van der Waals surface area contributed by atoms with E-state index in [0.717, 1.165) is 11.3 Å². The van der Waals surface area contributed by atoms with Gasteiger partial charge in [0.05, 0.1) is 13.7 Å². The Bertz CT molecular complexity index is 1050. The van der Waals surface area contributed by atoms with Crippen molar-refractivity contribution in [2.45, 2.75) is 13.1 Å². The second-order valence-electron chi connectivity index (χ2n) is 7.06. The largest absolute Gasteiger partial charge is 0.497 e. The lowest BCUT2D eigenvalue weighted by molar-refractivity contribution is -0.133. The van der Waals surface area contributed by atoms with Crippen LogP contribution >= 0.6 is 0 Å². The van der Waals surface area contributed by atoms with Crippen molar-refractivity contribution >= 4 is 5.91 Å². The van der Waals surface area contributed by atoms with Gasteiger partial charge in [0.25, 0.3) is 5.56 Å². The van der Waals surface area contributed by atoms with Crippen molar-refractivity contribution in [3.05, 3.63) is 64.9 Å². The number of hydrogen-bond donors (Lipinski definition) is 0. The summed E-state index contributed by atoms with van der Waals surface area (Å²) in [4.78, 5) is 32.7. The molecule has 3 aromatic rings. The van der Waals surface area contributed by atoms with Crippen LogP contribution in [0.25, 0.3) is 11.4 Å². The van der Waals surface area contributed by atoms with Gasteiger partial charge in [-0.05, 0) is 30.3 Å². The number of aromatic nitrogens is 3. The zero-order chi connectivity index (χ0) is 20.9. The first-order chi connectivity index (χ1) is 14.6. The van der Waals surface area contributed by atoms with Crippen LogP contribution < -0.4 is 10.3 Å². The molecule has 1 amide bonds. The molecule has 0 unspecified atom stereocenters. The minimum absolute atomic E-state index is 0.0532. The standard InChI is InChI=1S/C21H23N5O4/c1-29-17-7-5-16(6-8-17)21-22-18(30-23-21)14-24-10-12-25(13-11-24)20(28)15-26-9-3-2-4-19(26)27/h2-9H,10-15H2,1H3. The summed E-state index contributed by atoms with van der Waals surface area (Å²) in [6, 6.07) is 12.3. The molecule has 1 aliphatic rings. The topological polar surface area (TPSA) is 93.7 Å². The molecule has 0 radical (unpaired) electrons. The van der Waals surface area contributed by atoms with E-state index < -0.39 is 0 Å². The van der Waals surface area contributed by atoms with Gasteiger partial charge in [0.2, 0.25) is 17.6 Å². The molecular weight excluding hydrogens is 386 g/mol. The highest BCUT2D eigenvalue weighted by molar-refractivity contribution is 5.76. The Balaban J connectivity index is 1.29. The van der Waals surface area contributed by atoms with E-state index in [9.17, 15) is 9.59 Å². The fourth-order valence-electron chi connectivity index (χ4n) is 3.36. The number of amides is 1. The van der Waals surface area contributed by atoms with E-state index in [0.29, 0.717) is 44.4 Å². The van der Waals surface area contributed by atoms with Gasteiger partial charge in [-0.1, -0.05) is 11.2 Å². The molecule has 1 aromatic carbocycles. The maximum absolute atomic E-state index is 12.5. The van der Waals surface area contributed by atoms with Gasteiger partial charge < -0.3 is 18.7 Å². The summed E-state index contributed by atoms with van der Waals surface area (Å²) in [7, 11) is 1.62. The zero-order valence-corrected chi connectivity index (χ0v) is 16.7. The van der Waals surface area contributed by atoms with E-state index in [2.05, 4.69) is 15.0 Å². The Morgan fingerprint density at radius 3 is 2.57 bits per heavy atom. The third-order valence-corrected chi connectivity index (χ3v) is 5.10. The molecule has 0 N–H and O–H groups in total. The van der Waals surface area contributed by atoms with Crippen LogP contribution in [0.15, 0.2) is 58.0 Å². The molecule has 1 fully saturated rings. The Morgan fingerprint density at radius 2 is 1.87 bits per heavy atom. The van der Waals surface area contributed by atoms with Gasteiger partial charge in [0, 0.05) is 44.0 Å². The molecular formula is C21H23N5O4. The molecule has 3 heterocycles. The summed E-state index contributed by atoms with van der Waals surface area (Å²) < 4.78 is 12.0. The molecule has 30 heavy (non-hydrogen) atoms. The van der Waals surface area contributed by atoms with Crippen LogP contribution in [-0.2, 0) is 17.9 Å². The lowest BCUT2D eigenvalue weighted by Gasteiger charge is -2.34. The highest BCUT2D eigenvalue weighted by atomic mass is 16.5. The zero-order valence-electron chi connectivity index (χ0n) is 16.7. The summed E-state index contributed by atoms with van der Waals surface area (Å²) >= 11 is 0. The molecule has 9 heteroatoms. The van der Waals surface area contributed by atoms with Crippen molar-refractivity contribution in [1.82, 2.24) is 24.5 Å². The monoisotopic (exact) mass is 409 g/mol. The first kappa shape index (κ1) is 19.8. The van der Waals surface area contributed by atoms with E-state index in [1.165, 1.54) is 10.6 Å². The minimum atomic E-state index is -0.173. The Hall–Kier alpha value is -3.46. The summed E-state index contributed by atoms with van der Waals surface area (Å²) in [5.74, 6) is 1.79. The fourth-order valence-corrected chi connectivity index (χ4v) is 3.36. The van der Waals surface area contributed by atoms with Crippen LogP contribution in [0.3, 0.4) is 0 Å². The number of carbonyl (C=O) groups is 1. The number of pyridine rings is 1. The third kappa shape index (κ3) is 4.57. The maximum atomic E-state index is 12.5. The van der Waals surface area contributed by atoms with Crippen LogP contribution in [0.4, 0.5) is 0 Å². The molecule has 0 spiro atoms. The molecule has 156 valence electrons. The average molecular weight is 409 g/mol. The van der Waals surface area contributed by atoms with Crippen molar-refractivity contribution in [2.24, 2.45) is 0 Å². The van der Waals surface area contributed by atoms with Crippen LogP contribution in [0.1, 0.15) is 5.89 Å². The highest BCUT2D eigenvalue weighted by Gasteiger charge is 2.23. The van der Waals surface area contributed by atoms with E-state index >= 15 is 0 Å². The van der Waals surface area contributed by atoms with Gasteiger partial charge in [0.1, 0.15) is 12.3 Å². The number of methoxy groups -OCH3 is 1. The van der Waals surface area contributed by atoms with Crippen molar-refractivity contribution < 1.29 is 14.1 Å². The van der Waals surface area contributed by atoms with Crippen LogP contribution in [0, 0.1) is 0 Å². The number of rotatable bonds is 6. The van der Waals surface area contributed by atoms with E-state index in [4.69, 9.17) is 9.26 Å². The molecule has 0 atom stereocenters. The average Bonchev–Trinajstić information content (AvgIpc) is 3.24. The third-order valence-electron chi connectivity index (χ3n) is 5.10. The molecule has 9 nitrogen and oxygen atoms in total. The van der Waals surface area contributed by atoms with Gasteiger partial charge >= 0.3 is 0 Å². The van der Waals surface area contributed by atoms with Crippen LogP contribution in [0.2, 0.25) is 0 Å². The van der Waals surface area contributed by atoms with E-state index in [1.807, 2.05) is 24.3 Å². The number of benzene rings is 1. The summed E-state index contributed by atoms with van der Waals surface area (Å²) in [5, 5.41) is 4.06. The van der Waals surface area contributed by atoms with Gasteiger partial charge in [0.15, 0.2) is 0 Å². The molecule has 0 aliphatic carbocycles.